The van der Waals surface area contributed by atoms with Crippen LogP contribution in [0.15, 0.2) is 29.6 Å². The van der Waals surface area contributed by atoms with Crippen LogP contribution in [0.1, 0.15) is 58.3 Å². The van der Waals surface area contributed by atoms with E-state index in [4.69, 9.17) is 4.74 Å². The van der Waals surface area contributed by atoms with Gasteiger partial charge in [0.2, 0.25) is 0 Å². The molecule has 1 heterocycles. The number of methoxy groups -OCH3 is 1. The number of hydrogen-bond donors (Lipinski definition) is 1. The van der Waals surface area contributed by atoms with Crippen molar-refractivity contribution in [2.75, 3.05) is 12.4 Å². The normalized spacial score (nSPS) is 16.7. The summed E-state index contributed by atoms with van der Waals surface area (Å²) < 4.78 is 4.80. The Labute approximate surface area is 158 Å². The van der Waals surface area contributed by atoms with Gasteiger partial charge in [-0.05, 0) is 48.3 Å². The molecule has 26 heavy (non-hydrogen) atoms. The zero-order valence-electron chi connectivity index (χ0n) is 15.7. The summed E-state index contributed by atoms with van der Waals surface area (Å²) in [5.74, 6) is 0.0268. The smallest absolute Gasteiger partial charge is 0.339 e. The molecule has 4 nitrogen and oxygen atoms in total. The van der Waals surface area contributed by atoms with Crippen LogP contribution < -0.4 is 5.32 Å². The molecule has 1 amide bonds. The van der Waals surface area contributed by atoms with Crippen LogP contribution in [0.5, 0.6) is 0 Å². The van der Waals surface area contributed by atoms with Crippen molar-refractivity contribution < 1.29 is 14.3 Å². The predicted molar refractivity (Wildman–Crippen MR) is 105 cm³/mol. The number of ether oxygens (including phenoxy) is 1. The third-order valence-electron chi connectivity index (χ3n) is 5.21. The van der Waals surface area contributed by atoms with E-state index < -0.39 is 5.97 Å². The first kappa shape index (κ1) is 18.6. The van der Waals surface area contributed by atoms with E-state index in [9.17, 15) is 9.59 Å². The van der Waals surface area contributed by atoms with Gasteiger partial charge in [-0.25, -0.2) is 4.79 Å². The van der Waals surface area contributed by atoms with E-state index in [0.29, 0.717) is 17.2 Å². The molecule has 0 radical (unpaired) electrons. The molecule has 0 aliphatic heterocycles. The van der Waals surface area contributed by atoms with Crippen molar-refractivity contribution in [3.63, 3.8) is 0 Å². The Balaban J connectivity index is 1.82. The van der Waals surface area contributed by atoms with Crippen molar-refractivity contribution in [3.8, 4) is 0 Å². The van der Waals surface area contributed by atoms with Crippen LogP contribution in [-0.2, 0) is 17.6 Å². The molecule has 1 atom stereocenters. The maximum Gasteiger partial charge on any atom is 0.339 e. The summed E-state index contributed by atoms with van der Waals surface area (Å²) in [5.41, 5.74) is 3.03. The first-order valence-electron chi connectivity index (χ1n) is 8.89. The number of fused-ring (bicyclic) bond motifs is 1. The van der Waals surface area contributed by atoms with E-state index in [2.05, 4.69) is 26.1 Å². The van der Waals surface area contributed by atoms with Gasteiger partial charge in [0, 0.05) is 10.3 Å². The summed E-state index contributed by atoms with van der Waals surface area (Å²) >= 11 is 1.67. The van der Waals surface area contributed by atoms with Gasteiger partial charge in [0.05, 0.1) is 23.9 Å². The third kappa shape index (κ3) is 3.68. The van der Waals surface area contributed by atoms with Gasteiger partial charge in [-0.1, -0.05) is 32.9 Å². The molecule has 1 N–H and O–H groups in total. The van der Waals surface area contributed by atoms with Gasteiger partial charge in [-0.2, -0.15) is 0 Å². The second-order valence-electron chi connectivity index (χ2n) is 7.85. The van der Waals surface area contributed by atoms with Crippen molar-refractivity contribution in [1.29, 1.82) is 0 Å². The van der Waals surface area contributed by atoms with E-state index in [1.165, 1.54) is 17.6 Å². The number of rotatable bonds is 3. The summed E-state index contributed by atoms with van der Waals surface area (Å²) in [6.45, 7) is 6.86. The summed E-state index contributed by atoms with van der Waals surface area (Å²) in [7, 11) is 1.34. The second-order valence-corrected chi connectivity index (χ2v) is 8.81. The highest BCUT2D eigenvalue weighted by atomic mass is 32.1. The number of benzene rings is 1. The first-order valence-corrected chi connectivity index (χ1v) is 9.77. The number of para-hydroxylation sites is 1. The lowest BCUT2D eigenvalue weighted by atomic mass is 9.72. The molecule has 1 aliphatic rings. The number of anilines is 1. The highest BCUT2D eigenvalue weighted by Gasteiger charge is 2.31. The number of thiophene rings is 1. The molecule has 1 aliphatic carbocycles. The lowest BCUT2D eigenvalue weighted by Crippen LogP contribution is -2.27. The van der Waals surface area contributed by atoms with E-state index in [0.717, 1.165) is 24.8 Å². The Kier molecular flexibility index (Phi) is 5.19. The largest absolute Gasteiger partial charge is 0.465 e. The fourth-order valence-corrected chi connectivity index (χ4v) is 4.67. The Morgan fingerprint density at radius 2 is 1.92 bits per heavy atom. The lowest BCUT2D eigenvalue weighted by Gasteiger charge is -2.34. The van der Waals surface area contributed by atoms with Crippen molar-refractivity contribution in [2.24, 2.45) is 11.3 Å². The molecular formula is C21H25NO3S. The molecule has 0 spiro atoms. The maximum absolute atomic E-state index is 12.8. The van der Waals surface area contributed by atoms with Gasteiger partial charge in [-0.3, -0.25) is 4.79 Å². The van der Waals surface area contributed by atoms with Crippen LogP contribution in [0.25, 0.3) is 0 Å². The molecule has 0 saturated carbocycles. The van der Waals surface area contributed by atoms with Crippen LogP contribution in [0.2, 0.25) is 0 Å². The molecule has 138 valence electrons. The van der Waals surface area contributed by atoms with Crippen molar-refractivity contribution in [2.45, 2.75) is 40.0 Å². The number of hydrogen-bond acceptors (Lipinski definition) is 4. The van der Waals surface area contributed by atoms with Crippen LogP contribution in [0, 0.1) is 11.3 Å². The second kappa shape index (κ2) is 7.23. The van der Waals surface area contributed by atoms with Crippen LogP contribution in [0.4, 0.5) is 5.69 Å². The fraction of sp³-hybridized carbons (Fsp3) is 0.429. The maximum atomic E-state index is 12.8. The van der Waals surface area contributed by atoms with Gasteiger partial charge >= 0.3 is 5.97 Å². The molecule has 0 bridgehead atoms. The molecule has 0 saturated heterocycles. The van der Waals surface area contributed by atoms with E-state index >= 15 is 0 Å². The van der Waals surface area contributed by atoms with Gasteiger partial charge in [0.25, 0.3) is 5.91 Å². The molecule has 5 heteroatoms. The van der Waals surface area contributed by atoms with Crippen molar-refractivity contribution >= 4 is 28.9 Å². The minimum atomic E-state index is -0.457. The Hall–Kier alpha value is -2.14. The summed E-state index contributed by atoms with van der Waals surface area (Å²) in [5, 5.41) is 4.84. The van der Waals surface area contributed by atoms with Crippen molar-refractivity contribution in [1.82, 2.24) is 0 Å². The molecule has 0 fully saturated rings. The zero-order chi connectivity index (χ0) is 18.9. The Bertz CT molecular complexity index is 832. The van der Waals surface area contributed by atoms with Gasteiger partial charge < -0.3 is 10.1 Å². The van der Waals surface area contributed by atoms with E-state index in [1.54, 1.807) is 35.6 Å². The number of esters is 1. The standard InChI is InChI=1S/C21H25NO3S/c1-21(2,3)13-9-10-14-16(12-26-18(14)11-13)19(23)22-17-8-6-5-7-15(17)20(24)25-4/h5-8,12-13H,9-11H2,1-4H3,(H,22,23). The molecule has 1 unspecified atom stereocenters. The van der Waals surface area contributed by atoms with Crippen LogP contribution in [-0.4, -0.2) is 19.0 Å². The van der Waals surface area contributed by atoms with Crippen molar-refractivity contribution in [3.05, 3.63) is 51.2 Å². The highest BCUT2D eigenvalue weighted by Crippen LogP contribution is 2.40. The topological polar surface area (TPSA) is 55.4 Å². The quantitative estimate of drug-likeness (QED) is 0.778. The number of carbonyl (C=O) groups excluding carboxylic acids is 2. The SMILES string of the molecule is COC(=O)c1ccccc1NC(=O)c1csc2c1CCC(C(C)(C)C)C2. The van der Waals surface area contributed by atoms with Gasteiger partial charge in [0.1, 0.15) is 0 Å². The number of nitrogens with one attached hydrogen (secondary N) is 1. The predicted octanol–water partition coefficient (Wildman–Crippen LogP) is 4.94. The average molecular weight is 372 g/mol. The monoisotopic (exact) mass is 371 g/mol. The fourth-order valence-electron chi connectivity index (χ4n) is 3.51. The molecule has 2 aromatic rings. The van der Waals surface area contributed by atoms with Gasteiger partial charge in [-0.15, -0.1) is 11.3 Å². The van der Waals surface area contributed by atoms with E-state index in [-0.39, 0.29) is 11.3 Å². The lowest BCUT2D eigenvalue weighted by molar-refractivity contribution is 0.0602. The molecular weight excluding hydrogens is 346 g/mol. The minimum Gasteiger partial charge on any atom is -0.465 e. The summed E-state index contributed by atoms with van der Waals surface area (Å²) in [6, 6.07) is 6.91. The van der Waals surface area contributed by atoms with Crippen LogP contribution >= 0.6 is 11.3 Å². The molecule has 3 rings (SSSR count). The summed E-state index contributed by atoms with van der Waals surface area (Å²) in [4.78, 5) is 26.0. The Morgan fingerprint density at radius 1 is 1.19 bits per heavy atom. The third-order valence-corrected chi connectivity index (χ3v) is 6.26. The number of amides is 1. The minimum absolute atomic E-state index is 0.159. The van der Waals surface area contributed by atoms with E-state index in [1.807, 2.05) is 5.38 Å². The highest BCUT2D eigenvalue weighted by molar-refractivity contribution is 7.10. The molecule has 1 aromatic heterocycles. The average Bonchev–Trinajstić information content (AvgIpc) is 3.04. The van der Waals surface area contributed by atoms with Gasteiger partial charge in [0.15, 0.2) is 0 Å². The first-order chi connectivity index (χ1) is 12.3. The zero-order valence-corrected chi connectivity index (χ0v) is 16.5. The Morgan fingerprint density at radius 3 is 2.62 bits per heavy atom. The number of carbonyl (C=O) groups is 2. The molecule has 1 aromatic carbocycles. The van der Waals surface area contributed by atoms with Crippen LogP contribution in [0.3, 0.4) is 0 Å². The summed E-state index contributed by atoms with van der Waals surface area (Å²) in [6.07, 6.45) is 3.07.